The molecule has 0 atom stereocenters. The molecule has 0 saturated heterocycles. The predicted octanol–water partition coefficient (Wildman–Crippen LogP) is 1.90. The number of halogens is 1. The molecule has 0 aliphatic heterocycles. The van der Waals surface area contributed by atoms with Gasteiger partial charge in [-0.1, -0.05) is 5.16 Å². The summed E-state index contributed by atoms with van der Waals surface area (Å²) in [5.74, 6) is 0. The van der Waals surface area contributed by atoms with Crippen molar-refractivity contribution in [2.45, 2.75) is 13.8 Å². The quantitative estimate of drug-likeness (QED) is 0.627. The van der Waals surface area contributed by atoms with Crippen LogP contribution < -0.4 is 0 Å². The first kappa shape index (κ1) is 6.07. The van der Waals surface area contributed by atoms with E-state index in [-0.39, 0.29) is 0 Å². The molecule has 8 heavy (non-hydrogen) atoms. The summed E-state index contributed by atoms with van der Waals surface area (Å²) >= 11 is 2.12. The van der Waals surface area contributed by atoms with Crippen LogP contribution in [-0.2, 0) is 0 Å². The van der Waals surface area contributed by atoms with Gasteiger partial charge in [0.05, 0.1) is 5.69 Å². The van der Waals surface area contributed by atoms with Crippen LogP contribution in [0.2, 0.25) is 0 Å². The number of aryl methyl sites for hydroxylation is 1. The van der Waals surface area contributed by atoms with Gasteiger partial charge in [-0.15, -0.1) is 0 Å². The lowest BCUT2D eigenvalue weighted by Gasteiger charge is -1.78. The second kappa shape index (κ2) is 2.05. The third kappa shape index (κ3) is 0.866. The first-order valence-electron chi connectivity index (χ1n) is 2.30. The van der Waals surface area contributed by atoms with Crippen molar-refractivity contribution in [3.8, 4) is 0 Å². The third-order valence-electron chi connectivity index (χ3n) is 1.10. The molecule has 1 aromatic rings. The van der Waals surface area contributed by atoms with Gasteiger partial charge in [0.2, 0.25) is 0 Å². The van der Waals surface area contributed by atoms with Crippen molar-refractivity contribution < 1.29 is 4.52 Å². The van der Waals surface area contributed by atoms with Crippen molar-refractivity contribution in [3.63, 3.8) is 0 Å². The Kier molecular flexibility index (Phi) is 1.55. The van der Waals surface area contributed by atoms with Crippen LogP contribution in [0.1, 0.15) is 11.3 Å². The molecule has 0 aliphatic carbocycles. The van der Waals surface area contributed by atoms with Gasteiger partial charge in [0.1, 0.15) is 0 Å². The van der Waals surface area contributed by atoms with Gasteiger partial charge < -0.3 is 4.52 Å². The van der Waals surface area contributed by atoms with Crippen molar-refractivity contribution >= 4 is 22.6 Å². The summed E-state index contributed by atoms with van der Waals surface area (Å²) in [6.45, 7) is 3.93. The summed E-state index contributed by atoms with van der Waals surface area (Å²) in [4.78, 5) is 0. The maximum atomic E-state index is 4.83. The topological polar surface area (TPSA) is 26.0 Å². The van der Waals surface area contributed by atoms with E-state index in [4.69, 9.17) is 4.52 Å². The molecule has 0 unspecified atom stereocenters. The van der Waals surface area contributed by atoms with Crippen molar-refractivity contribution in [2.75, 3.05) is 0 Å². The molecule has 3 heteroatoms. The second-order valence-corrected chi connectivity index (χ2v) is 2.65. The van der Waals surface area contributed by atoms with Crippen LogP contribution in [0.5, 0.6) is 0 Å². The van der Waals surface area contributed by atoms with Crippen molar-refractivity contribution in [2.24, 2.45) is 0 Å². The molecule has 1 rings (SSSR count). The summed E-state index contributed by atoms with van der Waals surface area (Å²) in [5.41, 5.74) is 2.13. The van der Waals surface area contributed by atoms with Crippen LogP contribution >= 0.6 is 22.6 Å². The normalized spacial score (nSPS) is 9.88. The highest BCUT2D eigenvalue weighted by Gasteiger charge is 2.01. The summed E-state index contributed by atoms with van der Waals surface area (Å²) < 4.78 is 5.72. The minimum atomic E-state index is 0.889. The lowest BCUT2D eigenvalue weighted by Crippen LogP contribution is -1.72. The summed E-state index contributed by atoms with van der Waals surface area (Å²) in [6.07, 6.45) is 0. The Morgan fingerprint density at radius 1 is 1.50 bits per heavy atom. The molecule has 0 amide bonds. The zero-order chi connectivity index (χ0) is 6.15. The zero-order valence-corrected chi connectivity index (χ0v) is 6.89. The van der Waals surface area contributed by atoms with Crippen LogP contribution in [0, 0.1) is 17.6 Å². The highest BCUT2D eigenvalue weighted by atomic mass is 127. The van der Waals surface area contributed by atoms with E-state index in [1.165, 1.54) is 0 Å². The fraction of sp³-hybridized carbons (Fsp3) is 0.400. The van der Waals surface area contributed by atoms with Gasteiger partial charge in [-0.2, -0.15) is 0 Å². The SMILES string of the molecule is Cc1noc(I)c1C. The molecule has 0 bridgehead atoms. The third-order valence-corrected chi connectivity index (χ3v) is 2.11. The van der Waals surface area contributed by atoms with Gasteiger partial charge in [0.15, 0.2) is 3.77 Å². The molecule has 1 aromatic heterocycles. The molecule has 1 heterocycles. The average Bonchev–Trinajstić information content (AvgIpc) is 1.98. The van der Waals surface area contributed by atoms with Crippen LogP contribution in [0.25, 0.3) is 0 Å². The minimum Gasteiger partial charge on any atom is -0.350 e. The molecule has 0 fully saturated rings. The molecule has 2 nitrogen and oxygen atoms in total. The van der Waals surface area contributed by atoms with E-state index in [0.717, 1.165) is 15.0 Å². The minimum absolute atomic E-state index is 0.889. The van der Waals surface area contributed by atoms with Crippen LogP contribution in [0.15, 0.2) is 4.52 Å². The Labute approximate surface area is 61.4 Å². The fourth-order valence-corrected chi connectivity index (χ4v) is 0.876. The Morgan fingerprint density at radius 2 is 2.12 bits per heavy atom. The smallest absolute Gasteiger partial charge is 0.199 e. The Morgan fingerprint density at radius 3 is 2.25 bits per heavy atom. The van der Waals surface area contributed by atoms with Gasteiger partial charge in [0.25, 0.3) is 0 Å². The Bertz CT molecular complexity index is 175. The van der Waals surface area contributed by atoms with Gasteiger partial charge >= 0.3 is 0 Å². The lowest BCUT2D eigenvalue weighted by molar-refractivity contribution is 0.393. The number of hydrogen-bond acceptors (Lipinski definition) is 2. The van der Waals surface area contributed by atoms with E-state index in [1.807, 2.05) is 13.8 Å². The summed E-state index contributed by atoms with van der Waals surface area (Å²) in [6, 6.07) is 0. The van der Waals surface area contributed by atoms with Gasteiger partial charge in [-0.05, 0) is 13.8 Å². The first-order chi connectivity index (χ1) is 3.72. The molecule has 0 saturated carbocycles. The fourth-order valence-electron chi connectivity index (χ4n) is 0.388. The van der Waals surface area contributed by atoms with Gasteiger partial charge in [0, 0.05) is 28.2 Å². The molecule has 0 aliphatic rings. The van der Waals surface area contributed by atoms with Crippen molar-refractivity contribution in [3.05, 3.63) is 15.0 Å². The van der Waals surface area contributed by atoms with E-state index in [2.05, 4.69) is 27.7 Å². The van der Waals surface area contributed by atoms with Crippen LogP contribution in [-0.4, -0.2) is 5.16 Å². The standard InChI is InChI=1S/C5H6INO/c1-3-4(2)7-8-5(3)6/h1-2H3. The van der Waals surface area contributed by atoms with Gasteiger partial charge in [-0.25, -0.2) is 0 Å². The van der Waals surface area contributed by atoms with E-state index >= 15 is 0 Å². The van der Waals surface area contributed by atoms with Crippen LogP contribution in [0.4, 0.5) is 0 Å². The molecule has 0 aromatic carbocycles. The van der Waals surface area contributed by atoms with Crippen molar-refractivity contribution in [1.82, 2.24) is 5.16 Å². The number of rotatable bonds is 0. The van der Waals surface area contributed by atoms with E-state index < -0.39 is 0 Å². The lowest BCUT2D eigenvalue weighted by atomic mass is 10.3. The monoisotopic (exact) mass is 223 g/mol. The van der Waals surface area contributed by atoms with E-state index in [0.29, 0.717) is 0 Å². The van der Waals surface area contributed by atoms with Gasteiger partial charge in [-0.3, -0.25) is 0 Å². The maximum Gasteiger partial charge on any atom is 0.199 e. The van der Waals surface area contributed by atoms with E-state index in [1.54, 1.807) is 0 Å². The highest BCUT2D eigenvalue weighted by molar-refractivity contribution is 14.1. The summed E-state index contributed by atoms with van der Waals surface area (Å²) in [7, 11) is 0. The molecule has 44 valence electrons. The highest BCUT2D eigenvalue weighted by Crippen LogP contribution is 2.12. The molecule has 0 N–H and O–H groups in total. The Hall–Kier alpha value is -0.0600. The molecular weight excluding hydrogens is 217 g/mol. The number of nitrogens with zero attached hydrogens (tertiary/aromatic N) is 1. The second-order valence-electron chi connectivity index (χ2n) is 1.67. The first-order valence-corrected chi connectivity index (χ1v) is 3.38. The zero-order valence-electron chi connectivity index (χ0n) is 4.73. The number of aromatic nitrogens is 1. The van der Waals surface area contributed by atoms with E-state index in [9.17, 15) is 0 Å². The average molecular weight is 223 g/mol. The molecular formula is C5H6INO. The Balaban J connectivity index is 3.19. The largest absolute Gasteiger partial charge is 0.350 e. The van der Waals surface area contributed by atoms with Crippen LogP contribution in [0.3, 0.4) is 0 Å². The summed E-state index contributed by atoms with van der Waals surface area (Å²) in [5, 5.41) is 3.73. The maximum absolute atomic E-state index is 4.83. The number of hydrogen-bond donors (Lipinski definition) is 0. The molecule has 0 radical (unpaired) electrons. The molecule has 0 spiro atoms. The van der Waals surface area contributed by atoms with Crippen molar-refractivity contribution in [1.29, 1.82) is 0 Å². The predicted molar refractivity (Wildman–Crippen MR) is 38.7 cm³/mol.